The molecule has 2 heterocycles. The molecule has 184 valence electrons. The fourth-order valence-corrected chi connectivity index (χ4v) is 4.42. The van der Waals surface area contributed by atoms with Gasteiger partial charge in [0.1, 0.15) is 22.5 Å². The number of ether oxygens (including phenoxy) is 1. The van der Waals surface area contributed by atoms with Gasteiger partial charge in [0.25, 0.3) is 0 Å². The van der Waals surface area contributed by atoms with Crippen LogP contribution in [0.3, 0.4) is 0 Å². The highest BCUT2D eigenvalue weighted by molar-refractivity contribution is 8.01. The Morgan fingerprint density at radius 1 is 1.14 bits per heavy atom. The van der Waals surface area contributed by atoms with Crippen molar-refractivity contribution in [2.75, 3.05) is 57.9 Å². The number of morpholine rings is 1. The summed E-state index contributed by atoms with van der Waals surface area (Å²) in [6.45, 7) is 5.36. The van der Waals surface area contributed by atoms with Crippen LogP contribution >= 0.6 is 11.9 Å². The van der Waals surface area contributed by atoms with Crippen molar-refractivity contribution in [3.05, 3.63) is 59.2 Å². The average molecular weight is 495 g/mol. The molecule has 1 unspecified atom stereocenters. The second kappa shape index (κ2) is 12.7. The molecule has 0 radical (unpaired) electrons. The molecule has 9 heteroatoms. The first-order valence-corrected chi connectivity index (χ1v) is 12.4. The van der Waals surface area contributed by atoms with Crippen LogP contribution in [0.1, 0.15) is 5.76 Å². The molecule has 0 spiro atoms. The average Bonchev–Trinajstić information content (AvgIpc) is 3.36. The van der Waals surface area contributed by atoms with Crippen LogP contribution in [0.2, 0.25) is 0 Å². The fraction of sp³-hybridized carbons (Fsp3) is 0.346. The number of nitriles is 1. The lowest BCUT2D eigenvalue weighted by Gasteiger charge is -2.26. The Balaban J connectivity index is 1.37. The molecule has 4 rings (SSSR count). The summed E-state index contributed by atoms with van der Waals surface area (Å²) in [4.78, 5) is 2.80. The third-order valence-corrected chi connectivity index (χ3v) is 6.45. The summed E-state index contributed by atoms with van der Waals surface area (Å²) in [6, 6.07) is 18.4. The Morgan fingerprint density at radius 3 is 2.74 bits per heavy atom. The second-order valence-corrected chi connectivity index (χ2v) is 9.20. The molecule has 1 aromatic heterocycles. The van der Waals surface area contributed by atoms with Gasteiger partial charge in [-0.1, -0.05) is 18.2 Å². The normalized spacial score (nSPS) is 15.7. The van der Waals surface area contributed by atoms with Gasteiger partial charge in [-0.05, 0) is 53.1 Å². The largest absolute Gasteiger partial charge is 0.457 e. The maximum absolute atomic E-state index is 9.38. The lowest BCUT2D eigenvalue weighted by atomic mass is 10.0. The number of aliphatic hydroxyl groups is 2. The molecule has 1 saturated heterocycles. The van der Waals surface area contributed by atoms with Gasteiger partial charge in [0.2, 0.25) is 0 Å². The van der Waals surface area contributed by atoms with Gasteiger partial charge in [-0.25, -0.2) is 0 Å². The third-order valence-electron chi connectivity index (χ3n) is 5.71. The van der Waals surface area contributed by atoms with Crippen LogP contribution in [0.5, 0.6) is 0 Å². The van der Waals surface area contributed by atoms with E-state index in [1.165, 1.54) is 0 Å². The van der Waals surface area contributed by atoms with E-state index >= 15 is 0 Å². The van der Waals surface area contributed by atoms with Crippen LogP contribution in [0.15, 0.2) is 57.9 Å². The summed E-state index contributed by atoms with van der Waals surface area (Å²) < 4.78 is 14.2. The Bertz CT molecular complexity index is 1180. The quantitative estimate of drug-likeness (QED) is 0.235. The number of nitrogens with zero attached hydrogens (tertiary/aromatic N) is 2. The van der Waals surface area contributed by atoms with Crippen LogP contribution in [-0.4, -0.2) is 73.8 Å². The van der Waals surface area contributed by atoms with Crippen molar-refractivity contribution in [2.45, 2.75) is 6.10 Å². The van der Waals surface area contributed by atoms with Crippen molar-refractivity contribution >= 4 is 34.5 Å². The van der Waals surface area contributed by atoms with E-state index in [4.69, 9.17) is 14.3 Å². The van der Waals surface area contributed by atoms with Crippen LogP contribution in [0.4, 0.5) is 5.69 Å². The van der Waals surface area contributed by atoms with Crippen molar-refractivity contribution in [3.63, 3.8) is 0 Å². The minimum absolute atomic E-state index is 0.172. The molecule has 3 aromatic rings. The molecule has 0 amide bonds. The van der Waals surface area contributed by atoms with Crippen molar-refractivity contribution in [3.8, 4) is 17.4 Å². The number of fused-ring (bicyclic) bond motifs is 1. The lowest BCUT2D eigenvalue weighted by molar-refractivity contribution is 0.0398. The zero-order chi connectivity index (χ0) is 24.5. The summed E-state index contributed by atoms with van der Waals surface area (Å²) >= 11 is 1.09. The summed E-state index contributed by atoms with van der Waals surface area (Å²) in [5.41, 5.74) is 2.06. The number of hydrogen-bond donors (Lipinski definition) is 4. The summed E-state index contributed by atoms with van der Waals surface area (Å²) in [6.07, 6.45) is 0.773. The first kappa shape index (κ1) is 25.3. The Morgan fingerprint density at radius 2 is 1.94 bits per heavy atom. The Kier molecular flexibility index (Phi) is 9.20. The molecule has 1 aliphatic heterocycles. The molecule has 0 bridgehead atoms. The number of anilines is 1. The van der Waals surface area contributed by atoms with Gasteiger partial charge < -0.3 is 24.7 Å². The second-order valence-electron chi connectivity index (χ2n) is 8.27. The minimum atomic E-state index is -0.868. The van der Waals surface area contributed by atoms with Gasteiger partial charge in [0.05, 0.1) is 25.9 Å². The van der Waals surface area contributed by atoms with E-state index in [9.17, 15) is 10.4 Å². The number of aliphatic hydroxyl groups excluding tert-OH is 2. The molecular weight excluding hydrogens is 464 g/mol. The number of nitrogens with one attached hydrogen (secondary N) is 2. The summed E-state index contributed by atoms with van der Waals surface area (Å²) in [5.74, 6) is 1.28. The number of hydrogen-bond acceptors (Lipinski definition) is 9. The lowest BCUT2D eigenvalue weighted by Crippen LogP contribution is -2.38. The predicted octanol–water partition coefficient (Wildman–Crippen LogP) is 3.30. The van der Waals surface area contributed by atoms with E-state index in [1.54, 1.807) is 6.08 Å². The molecule has 8 nitrogen and oxygen atoms in total. The molecule has 4 N–H and O–H groups in total. The van der Waals surface area contributed by atoms with Crippen molar-refractivity contribution < 1.29 is 19.4 Å². The van der Waals surface area contributed by atoms with Crippen LogP contribution in [0.25, 0.3) is 28.2 Å². The van der Waals surface area contributed by atoms with Gasteiger partial charge in [-0.2, -0.15) is 5.26 Å². The smallest absolute Gasteiger partial charge is 0.134 e. The zero-order valence-corrected chi connectivity index (χ0v) is 20.3. The van der Waals surface area contributed by atoms with Crippen LogP contribution < -0.4 is 10.0 Å². The van der Waals surface area contributed by atoms with Crippen molar-refractivity contribution in [1.29, 1.82) is 5.26 Å². The van der Waals surface area contributed by atoms with E-state index in [1.807, 2.05) is 18.2 Å². The standard InChI is InChI=1S/C26H30N4O4S/c27-16-25(35-29-17-23(32)18-31)15-24-5-6-26(34-24)21-2-1-20-14-22(4-3-19(20)13-21)28-7-8-30-9-11-33-12-10-30/h1-6,13-15,23,28-29,31-32H,7-12,17-18H2/b25-15+. The maximum Gasteiger partial charge on any atom is 0.134 e. The Labute approximate surface area is 209 Å². The van der Waals surface area contributed by atoms with E-state index < -0.39 is 6.10 Å². The van der Waals surface area contributed by atoms with Gasteiger partial charge >= 0.3 is 0 Å². The summed E-state index contributed by atoms with van der Waals surface area (Å²) in [5, 5.41) is 33.4. The maximum atomic E-state index is 9.38. The monoisotopic (exact) mass is 494 g/mol. The molecule has 1 fully saturated rings. The van der Waals surface area contributed by atoms with Gasteiger partial charge in [0.15, 0.2) is 0 Å². The highest BCUT2D eigenvalue weighted by Crippen LogP contribution is 2.29. The number of allylic oxidation sites excluding steroid dienone is 1. The molecule has 1 atom stereocenters. The highest BCUT2D eigenvalue weighted by Gasteiger charge is 2.10. The topological polar surface area (TPSA) is 114 Å². The highest BCUT2D eigenvalue weighted by atomic mass is 32.2. The Hall–Kier alpha value is -2.84. The first-order valence-electron chi connectivity index (χ1n) is 11.6. The SMILES string of the molecule is N#C/C(=C\c1ccc(-c2ccc3cc(NCCN4CCOCC4)ccc3c2)o1)SNCC(O)CO. The first-order chi connectivity index (χ1) is 17.1. The molecule has 35 heavy (non-hydrogen) atoms. The molecule has 0 saturated carbocycles. The van der Waals surface area contributed by atoms with E-state index in [-0.39, 0.29) is 13.2 Å². The third kappa shape index (κ3) is 7.32. The van der Waals surface area contributed by atoms with Crippen molar-refractivity contribution in [1.82, 2.24) is 9.62 Å². The minimum Gasteiger partial charge on any atom is -0.457 e. The van der Waals surface area contributed by atoms with Crippen LogP contribution in [-0.2, 0) is 4.74 Å². The van der Waals surface area contributed by atoms with E-state index in [0.29, 0.717) is 10.7 Å². The molecule has 2 aromatic carbocycles. The number of rotatable bonds is 11. The van der Waals surface area contributed by atoms with Gasteiger partial charge in [0, 0.05) is 50.1 Å². The molecule has 1 aliphatic rings. The predicted molar refractivity (Wildman–Crippen MR) is 140 cm³/mol. The van der Waals surface area contributed by atoms with E-state index in [0.717, 1.165) is 79.1 Å². The fourth-order valence-electron chi connectivity index (χ4n) is 3.77. The number of furan rings is 1. The zero-order valence-electron chi connectivity index (χ0n) is 19.4. The van der Waals surface area contributed by atoms with Crippen molar-refractivity contribution in [2.24, 2.45) is 0 Å². The van der Waals surface area contributed by atoms with E-state index in [2.05, 4.69) is 51.3 Å². The van der Waals surface area contributed by atoms with Gasteiger partial charge in [-0.3, -0.25) is 9.62 Å². The van der Waals surface area contributed by atoms with Gasteiger partial charge in [-0.15, -0.1) is 0 Å². The summed E-state index contributed by atoms with van der Waals surface area (Å²) in [7, 11) is 0. The number of benzene rings is 2. The molecule has 0 aliphatic carbocycles. The van der Waals surface area contributed by atoms with Crippen LogP contribution in [0, 0.1) is 11.3 Å². The molecular formula is C26H30N4O4S.